The van der Waals surface area contributed by atoms with E-state index in [0.29, 0.717) is 51.1 Å². The van der Waals surface area contributed by atoms with Crippen LogP contribution in [0.5, 0.6) is 0 Å². The van der Waals surface area contributed by atoms with Gasteiger partial charge in [0, 0.05) is 42.7 Å². The molecule has 2 saturated heterocycles. The zero-order chi connectivity index (χ0) is 24.2. The number of piperidine rings is 1. The molecule has 2 aliphatic rings. The van der Waals surface area contributed by atoms with E-state index in [1.54, 1.807) is 11.0 Å². The molecule has 0 bridgehead atoms. The van der Waals surface area contributed by atoms with Crippen molar-refractivity contribution in [3.63, 3.8) is 0 Å². The molecule has 1 atom stereocenters. The average Bonchev–Trinajstić information content (AvgIpc) is 3.26. The summed E-state index contributed by atoms with van der Waals surface area (Å²) in [5, 5.41) is 9.18. The van der Waals surface area contributed by atoms with Crippen molar-refractivity contribution in [1.29, 1.82) is 0 Å². The molecule has 2 N–H and O–H groups in total. The van der Waals surface area contributed by atoms with Crippen molar-refractivity contribution < 1.29 is 18.7 Å². The molecule has 1 aromatic heterocycles. The Labute approximate surface area is 205 Å². The first-order chi connectivity index (χ1) is 16.3. The average molecular weight is 512 g/mol. The van der Waals surface area contributed by atoms with Crippen molar-refractivity contribution in [3.05, 3.63) is 56.2 Å². The van der Waals surface area contributed by atoms with Gasteiger partial charge in [-0.15, -0.1) is 0 Å². The van der Waals surface area contributed by atoms with Gasteiger partial charge in [0.05, 0.1) is 24.8 Å². The minimum Gasteiger partial charge on any atom is -0.444 e. The lowest BCUT2D eigenvalue weighted by Crippen LogP contribution is -2.47. The van der Waals surface area contributed by atoms with Gasteiger partial charge in [0.1, 0.15) is 16.9 Å². The number of carbonyl (C=O) groups excluding carboxylic acids is 2. The predicted molar refractivity (Wildman–Crippen MR) is 125 cm³/mol. The Hall–Kier alpha value is -2.85. The zero-order valence-corrected chi connectivity index (χ0v) is 19.7. The van der Waals surface area contributed by atoms with Crippen molar-refractivity contribution in [2.45, 2.75) is 37.8 Å². The molecule has 2 aliphatic heterocycles. The Morgan fingerprint density at radius 2 is 1.97 bits per heavy atom. The van der Waals surface area contributed by atoms with Crippen molar-refractivity contribution in [2.24, 2.45) is 0 Å². The number of halogens is 3. The maximum atomic E-state index is 14.0. The van der Waals surface area contributed by atoms with Gasteiger partial charge in [0.15, 0.2) is 0 Å². The van der Waals surface area contributed by atoms with Gasteiger partial charge in [-0.25, -0.2) is 14.3 Å². The van der Waals surface area contributed by atoms with Crippen LogP contribution in [0.1, 0.15) is 24.8 Å². The molecule has 2 fully saturated rings. The molecule has 3 heterocycles. The molecule has 0 aliphatic carbocycles. The maximum absolute atomic E-state index is 14.0. The highest BCUT2D eigenvalue weighted by atomic mass is 35.5. The summed E-state index contributed by atoms with van der Waals surface area (Å²) in [6.45, 7) is 1.88. The van der Waals surface area contributed by atoms with Gasteiger partial charge in [-0.2, -0.15) is 5.10 Å². The lowest BCUT2D eigenvalue weighted by Gasteiger charge is -2.32. The van der Waals surface area contributed by atoms with E-state index in [1.807, 2.05) is 4.90 Å². The Balaban J connectivity index is 1.22. The number of amides is 2. The van der Waals surface area contributed by atoms with Crippen molar-refractivity contribution in [1.82, 2.24) is 20.4 Å². The number of nitrogens with one attached hydrogen (secondary N) is 2. The summed E-state index contributed by atoms with van der Waals surface area (Å²) in [5.74, 6) is -0.699. The quantitative estimate of drug-likeness (QED) is 0.638. The highest BCUT2D eigenvalue weighted by Crippen LogP contribution is 2.26. The number of carbonyl (C=O) groups is 2. The summed E-state index contributed by atoms with van der Waals surface area (Å²) in [6.07, 6.45) is 2.24. The monoisotopic (exact) mass is 511 g/mol. The zero-order valence-electron chi connectivity index (χ0n) is 18.2. The van der Waals surface area contributed by atoms with Gasteiger partial charge in [0.25, 0.3) is 5.56 Å². The SMILES string of the molecule is O=C(NC1CCN(C(=O)Cc2c(F)cccc2Cl)CC1)O[C@@H]1CCN(c2cn[nH]c(=O)c2Cl)C1. The van der Waals surface area contributed by atoms with Gasteiger partial charge in [-0.3, -0.25) is 9.59 Å². The summed E-state index contributed by atoms with van der Waals surface area (Å²) in [5.41, 5.74) is 0.231. The first-order valence-corrected chi connectivity index (χ1v) is 11.7. The molecule has 2 amide bonds. The fraction of sp³-hybridized carbons (Fsp3) is 0.455. The molecule has 1 aromatic carbocycles. The largest absolute Gasteiger partial charge is 0.444 e. The van der Waals surface area contributed by atoms with E-state index in [2.05, 4.69) is 15.5 Å². The van der Waals surface area contributed by atoms with E-state index in [0.717, 1.165) is 0 Å². The number of ether oxygens (including phenoxy) is 1. The molecule has 4 rings (SSSR count). The van der Waals surface area contributed by atoms with Gasteiger partial charge >= 0.3 is 6.09 Å². The van der Waals surface area contributed by atoms with Gasteiger partial charge in [-0.05, 0) is 25.0 Å². The molecule has 12 heteroatoms. The fourth-order valence-electron chi connectivity index (χ4n) is 4.23. The number of aromatic amines is 1. The van der Waals surface area contributed by atoms with Crippen LogP contribution in [0.2, 0.25) is 10.0 Å². The molecule has 0 saturated carbocycles. The van der Waals surface area contributed by atoms with Crippen LogP contribution in [0.3, 0.4) is 0 Å². The highest BCUT2D eigenvalue weighted by Gasteiger charge is 2.30. The second-order valence-electron chi connectivity index (χ2n) is 8.34. The second-order valence-corrected chi connectivity index (χ2v) is 9.12. The standard InChI is InChI=1S/C22H24Cl2FN5O4/c23-16-2-1-3-17(25)15(16)10-19(31)29-7-4-13(5-8-29)27-22(33)34-14-6-9-30(12-14)18-11-26-28-21(32)20(18)24/h1-3,11,13-14H,4-10,12H2,(H,27,33)(H,28,32)/t14-/m1/s1. The van der Waals surface area contributed by atoms with E-state index >= 15 is 0 Å². The first-order valence-electron chi connectivity index (χ1n) is 11.0. The lowest BCUT2D eigenvalue weighted by molar-refractivity contribution is -0.131. The van der Waals surface area contributed by atoms with Crippen LogP contribution in [-0.2, 0) is 16.0 Å². The van der Waals surface area contributed by atoms with Gasteiger partial charge in [-0.1, -0.05) is 29.3 Å². The Kier molecular flexibility index (Phi) is 7.57. The number of nitrogens with zero attached hydrogens (tertiary/aromatic N) is 3. The van der Waals surface area contributed by atoms with Crippen molar-refractivity contribution in [2.75, 3.05) is 31.1 Å². The highest BCUT2D eigenvalue weighted by molar-refractivity contribution is 6.33. The number of alkyl carbamates (subject to hydrolysis) is 1. The number of hydrogen-bond acceptors (Lipinski definition) is 6. The third-order valence-corrected chi connectivity index (χ3v) is 6.82. The van der Waals surface area contributed by atoms with Crippen molar-refractivity contribution >= 4 is 40.9 Å². The van der Waals surface area contributed by atoms with Crippen LogP contribution in [0.15, 0.2) is 29.2 Å². The van der Waals surface area contributed by atoms with Crippen LogP contribution in [0.25, 0.3) is 0 Å². The molecule has 0 spiro atoms. The summed E-state index contributed by atoms with van der Waals surface area (Å²) in [6, 6.07) is 4.21. The molecule has 182 valence electrons. The molecule has 0 unspecified atom stereocenters. The van der Waals surface area contributed by atoms with Crippen LogP contribution < -0.4 is 15.8 Å². The third kappa shape index (κ3) is 5.61. The number of rotatable bonds is 5. The van der Waals surface area contributed by atoms with Gasteiger partial charge in [0.2, 0.25) is 5.91 Å². The molecule has 9 nitrogen and oxygen atoms in total. The lowest BCUT2D eigenvalue weighted by atomic mass is 10.0. The summed E-state index contributed by atoms with van der Waals surface area (Å²) < 4.78 is 19.5. The fourth-order valence-corrected chi connectivity index (χ4v) is 4.67. The smallest absolute Gasteiger partial charge is 0.407 e. The van der Waals surface area contributed by atoms with Crippen LogP contribution in [0, 0.1) is 5.82 Å². The van der Waals surface area contributed by atoms with Gasteiger partial charge < -0.3 is 19.9 Å². The number of aromatic nitrogens is 2. The van der Waals surface area contributed by atoms with Crippen molar-refractivity contribution in [3.8, 4) is 0 Å². The molecule has 0 radical (unpaired) electrons. The maximum Gasteiger partial charge on any atom is 0.407 e. The minimum absolute atomic E-state index is 0.0543. The van der Waals surface area contributed by atoms with E-state index < -0.39 is 17.5 Å². The normalized spacial score (nSPS) is 18.7. The van der Waals surface area contributed by atoms with E-state index in [9.17, 15) is 18.8 Å². The van der Waals surface area contributed by atoms with Crippen LogP contribution in [-0.4, -0.2) is 65.4 Å². The van der Waals surface area contributed by atoms with Crippen LogP contribution in [0.4, 0.5) is 14.9 Å². The topological polar surface area (TPSA) is 108 Å². The molecular formula is C22H24Cl2FN5O4. The molecular weight excluding hydrogens is 488 g/mol. The Bertz CT molecular complexity index is 1100. The number of likely N-dealkylation sites (tertiary alicyclic amines) is 1. The first kappa shape index (κ1) is 24.3. The third-order valence-electron chi connectivity index (χ3n) is 6.10. The summed E-state index contributed by atoms with van der Waals surface area (Å²) in [4.78, 5) is 40.1. The second kappa shape index (κ2) is 10.6. The molecule has 2 aromatic rings. The number of benzene rings is 1. The number of anilines is 1. The summed E-state index contributed by atoms with van der Waals surface area (Å²) >= 11 is 12.1. The van der Waals surface area contributed by atoms with E-state index in [4.69, 9.17) is 27.9 Å². The predicted octanol–water partition coefficient (Wildman–Crippen LogP) is 2.75. The molecule has 34 heavy (non-hydrogen) atoms. The van der Waals surface area contributed by atoms with E-state index in [-0.39, 0.29) is 40.1 Å². The summed E-state index contributed by atoms with van der Waals surface area (Å²) in [7, 11) is 0. The van der Waals surface area contributed by atoms with Crippen LogP contribution >= 0.6 is 23.2 Å². The Morgan fingerprint density at radius 1 is 1.21 bits per heavy atom. The Morgan fingerprint density at radius 3 is 2.71 bits per heavy atom. The van der Waals surface area contributed by atoms with E-state index in [1.165, 1.54) is 18.3 Å². The minimum atomic E-state index is -0.523. The number of hydrogen-bond donors (Lipinski definition) is 2. The number of H-pyrrole nitrogens is 1.